The van der Waals surface area contributed by atoms with E-state index < -0.39 is 11.6 Å². The molecule has 0 spiro atoms. The first-order valence-corrected chi connectivity index (χ1v) is 14.7. The maximum atomic E-state index is 13.4. The summed E-state index contributed by atoms with van der Waals surface area (Å²) in [5.41, 5.74) is 1.60. The number of nitrogens with zero attached hydrogens (tertiary/aromatic N) is 3. The number of ether oxygens (including phenoxy) is 3. The summed E-state index contributed by atoms with van der Waals surface area (Å²) in [6.07, 6.45) is 1.04. The number of nitriles is 1. The summed E-state index contributed by atoms with van der Waals surface area (Å²) in [5, 5.41) is 11.2. The summed E-state index contributed by atoms with van der Waals surface area (Å²) in [7, 11) is 0. The van der Waals surface area contributed by atoms with E-state index >= 15 is 0 Å². The summed E-state index contributed by atoms with van der Waals surface area (Å²) in [5.74, 6) is 0.0576. The van der Waals surface area contributed by atoms with Crippen molar-refractivity contribution in [3.8, 4) is 11.8 Å². The highest BCUT2D eigenvalue weighted by Gasteiger charge is 2.28. The minimum Gasteiger partial charge on any atom is -0.490 e. The van der Waals surface area contributed by atoms with Crippen LogP contribution in [0.1, 0.15) is 64.5 Å². The Labute approximate surface area is 277 Å². The fraction of sp³-hybridized carbons (Fsp3) is 0.412. The van der Waals surface area contributed by atoms with Crippen LogP contribution in [0.3, 0.4) is 0 Å². The van der Waals surface area contributed by atoms with Gasteiger partial charge in [0.15, 0.2) is 0 Å². The van der Waals surface area contributed by atoms with Crippen molar-refractivity contribution in [3.05, 3.63) is 71.8 Å². The number of halogens is 2. The molecule has 1 aliphatic rings. The van der Waals surface area contributed by atoms with Gasteiger partial charge in [-0.05, 0) is 86.5 Å². The molecule has 0 radical (unpaired) electrons. The standard InChI is InChI=1S/C34H39N3O6.2ClH/c1-5-41-32(39)15-14-31(38)37(23-25-7-9-26-8-6-24(22-35)20-27(26)21-25)28-10-12-29(13-11-28)42-30-16-18-36(19-17-30)33(40)43-34(2,3)4;;/h6-13,20-21,30H,5,14-19,23H2,1-4H3;2*1H. The third-order valence-corrected chi connectivity index (χ3v) is 7.07. The highest BCUT2D eigenvalue weighted by molar-refractivity contribution is 5.95. The number of carbonyl (C=O) groups is 3. The predicted molar refractivity (Wildman–Crippen MR) is 178 cm³/mol. The maximum absolute atomic E-state index is 13.4. The van der Waals surface area contributed by atoms with E-state index in [9.17, 15) is 19.6 Å². The highest BCUT2D eigenvalue weighted by Crippen LogP contribution is 2.27. The van der Waals surface area contributed by atoms with Crippen molar-refractivity contribution in [2.75, 3.05) is 24.6 Å². The molecule has 11 heteroatoms. The molecule has 1 aliphatic heterocycles. The molecule has 0 unspecified atom stereocenters. The first kappa shape index (κ1) is 37.2. The third kappa shape index (κ3) is 10.8. The van der Waals surface area contributed by atoms with Gasteiger partial charge in [-0.15, -0.1) is 24.8 Å². The van der Waals surface area contributed by atoms with Gasteiger partial charge in [0.25, 0.3) is 0 Å². The SMILES string of the molecule is CCOC(=O)CCC(=O)N(Cc1ccc2ccc(C#N)cc2c1)c1ccc(OC2CCN(C(=O)OC(C)(C)C)CC2)cc1.Cl.Cl. The number of likely N-dealkylation sites (tertiary alicyclic amines) is 1. The summed E-state index contributed by atoms with van der Waals surface area (Å²) >= 11 is 0. The number of esters is 1. The molecule has 0 aliphatic carbocycles. The number of rotatable bonds is 9. The molecular weight excluding hydrogens is 617 g/mol. The molecule has 2 amide bonds. The van der Waals surface area contributed by atoms with Crippen LogP contribution in [-0.2, 0) is 25.6 Å². The van der Waals surface area contributed by atoms with E-state index in [2.05, 4.69) is 6.07 Å². The molecule has 1 heterocycles. The van der Waals surface area contributed by atoms with Crippen LogP contribution >= 0.6 is 24.8 Å². The van der Waals surface area contributed by atoms with Crippen LogP contribution in [0, 0.1) is 11.3 Å². The Hall–Kier alpha value is -4.00. The molecular formula is C34H41Cl2N3O6. The normalized spacial score (nSPS) is 13.1. The zero-order valence-corrected chi connectivity index (χ0v) is 27.7. The van der Waals surface area contributed by atoms with Gasteiger partial charge in [-0.2, -0.15) is 5.26 Å². The first-order valence-electron chi connectivity index (χ1n) is 14.7. The molecule has 4 rings (SSSR count). The zero-order chi connectivity index (χ0) is 31.0. The van der Waals surface area contributed by atoms with Crippen LogP contribution < -0.4 is 9.64 Å². The fourth-order valence-electron chi connectivity index (χ4n) is 4.93. The lowest BCUT2D eigenvalue weighted by molar-refractivity contribution is -0.144. The largest absolute Gasteiger partial charge is 0.490 e. The summed E-state index contributed by atoms with van der Waals surface area (Å²) < 4.78 is 16.7. The van der Waals surface area contributed by atoms with E-state index in [1.807, 2.05) is 75.4 Å². The molecule has 1 fully saturated rings. The number of benzene rings is 3. The molecule has 0 aromatic heterocycles. The quantitative estimate of drug-likeness (QED) is 0.224. The van der Waals surface area contributed by atoms with Gasteiger partial charge in [-0.3, -0.25) is 9.59 Å². The minimum absolute atomic E-state index is 0. The van der Waals surface area contributed by atoms with Crippen molar-refractivity contribution in [2.45, 2.75) is 71.6 Å². The molecule has 3 aromatic rings. The van der Waals surface area contributed by atoms with Crippen molar-refractivity contribution < 1.29 is 28.6 Å². The first-order chi connectivity index (χ1) is 20.5. The monoisotopic (exact) mass is 657 g/mol. The number of amides is 2. The van der Waals surface area contributed by atoms with Crippen LogP contribution in [-0.4, -0.2) is 54.3 Å². The van der Waals surface area contributed by atoms with Crippen molar-refractivity contribution in [2.24, 2.45) is 0 Å². The fourth-order valence-corrected chi connectivity index (χ4v) is 4.93. The Kier molecular flexibility index (Phi) is 14.0. The summed E-state index contributed by atoms with van der Waals surface area (Å²) in [4.78, 5) is 41.1. The predicted octanol–water partition coefficient (Wildman–Crippen LogP) is 7.21. The zero-order valence-electron chi connectivity index (χ0n) is 26.1. The third-order valence-electron chi connectivity index (χ3n) is 7.07. The Bertz CT molecular complexity index is 1490. The molecule has 0 saturated carbocycles. The van der Waals surface area contributed by atoms with Gasteiger partial charge in [0.1, 0.15) is 17.5 Å². The molecule has 242 valence electrons. The smallest absolute Gasteiger partial charge is 0.410 e. The van der Waals surface area contributed by atoms with Crippen LogP contribution in [0.2, 0.25) is 0 Å². The molecule has 0 bridgehead atoms. The Morgan fingerprint density at radius 2 is 1.60 bits per heavy atom. The van der Waals surface area contributed by atoms with E-state index in [4.69, 9.17) is 14.2 Å². The average molecular weight is 659 g/mol. The summed E-state index contributed by atoms with van der Waals surface area (Å²) in [6, 6.07) is 20.9. The molecule has 0 atom stereocenters. The number of hydrogen-bond donors (Lipinski definition) is 0. The van der Waals surface area contributed by atoms with Gasteiger partial charge in [-0.1, -0.05) is 18.2 Å². The van der Waals surface area contributed by atoms with Crippen molar-refractivity contribution in [3.63, 3.8) is 0 Å². The van der Waals surface area contributed by atoms with Crippen LogP contribution in [0.5, 0.6) is 5.75 Å². The number of fused-ring (bicyclic) bond motifs is 1. The maximum Gasteiger partial charge on any atom is 0.410 e. The van der Waals surface area contributed by atoms with E-state index in [-0.39, 0.29) is 68.9 Å². The van der Waals surface area contributed by atoms with Crippen LogP contribution in [0.25, 0.3) is 10.8 Å². The summed E-state index contributed by atoms with van der Waals surface area (Å²) in [6.45, 7) is 8.96. The molecule has 0 N–H and O–H groups in total. The lowest BCUT2D eigenvalue weighted by Crippen LogP contribution is -2.44. The van der Waals surface area contributed by atoms with Crippen molar-refractivity contribution in [1.29, 1.82) is 5.26 Å². The van der Waals surface area contributed by atoms with Crippen molar-refractivity contribution in [1.82, 2.24) is 4.90 Å². The number of hydrogen-bond acceptors (Lipinski definition) is 7. The average Bonchev–Trinajstić information content (AvgIpc) is 2.98. The lowest BCUT2D eigenvalue weighted by Gasteiger charge is -2.33. The van der Waals surface area contributed by atoms with E-state index in [1.54, 1.807) is 22.8 Å². The molecule has 1 saturated heterocycles. The van der Waals surface area contributed by atoms with E-state index in [1.165, 1.54) is 0 Å². The molecule has 45 heavy (non-hydrogen) atoms. The minimum atomic E-state index is -0.532. The van der Waals surface area contributed by atoms with Gasteiger partial charge in [0.05, 0.1) is 31.2 Å². The lowest BCUT2D eigenvalue weighted by atomic mass is 10.0. The van der Waals surface area contributed by atoms with Gasteiger partial charge in [0, 0.05) is 38.0 Å². The Balaban J connectivity index is 0.00000353. The molecule has 9 nitrogen and oxygen atoms in total. The second-order valence-electron chi connectivity index (χ2n) is 11.6. The molecule has 3 aromatic carbocycles. The van der Waals surface area contributed by atoms with Gasteiger partial charge in [-0.25, -0.2) is 4.79 Å². The number of piperidine rings is 1. The van der Waals surface area contributed by atoms with Crippen LogP contribution in [0.4, 0.5) is 10.5 Å². The second kappa shape index (κ2) is 16.9. The topological polar surface area (TPSA) is 109 Å². The van der Waals surface area contributed by atoms with Gasteiger partial charge >= 0.3 is 12.1 Å². The highest BCUT2D eigenvalue weighted by atomic mass is 35.5. The van der Waals surface area contributed by atoms with E-state index in [0.29, 0.717) is 42.9 Å². The van der Waals surface area contributed by atoms with Crippen LogP contribution in [0.15, 0.2) is 60.7 Å². The Morgan fingerprint density at radius 3 is 2.22 bits per heavy atom. The Morgan fingerprint density at radius 1 is 0.933 bits per heavy atom. The van der Waals surface area contributed by atoms with Gasteiger partial charge in [0.2, 0.25) is 5.91 Å². The second-order valence-corrected chi connectivity index (χ2v) is 11.6. The van der Waals surface area contributed by atoms with Crippen molar-refractivity contribution >= 4 is 59.2 Å². The van der Waals surface area contributed by atoms with E-state index in [0.717, 1.165) is 16.3 Å². The van der Waals surface area contributed by atoms with Gasteiger partial charge < -0.3 is 24.0 Å². The number of anilines is 1. The number of carbonyl (C=O) groups excluding carboxylic acids is 3.